The normalized spacial score (nSPS) is 12.7. The van der Waals surface area contributed by atoms with Gasteiger partial charge in [0, 0.05) is 23.6 Å². The van der Waals surface area contributed by atoms with Gasteiger partial charge < -0.3 is 5.11 Å². The van der Waals surface area contributed by atoms with Crippen LogP contribution in [0.2, 0.25) is 5.02 Å². The van der Waals surface area contributed by atoms with E-state index in [0.717, 1.165) is 6.42 Å². The number of aliphatic hydroxyl groups is 1. The van der Waals surface area contributed by atoms with Crippen LogP contribution in [-0.2, 0) is 13.0 Å². The fourth-order valence-electron chi connectivity index (χ4n) is 2.11. The highest BCUT2D eigenvalue weighted by atomic mass is 79.9. The lowest BCUT2D eigenvalue weighted by Gasteiger charge is -2.15. The molecular weight excluding hydrogens is 347 g/mol. The summed E-state index contributed by atoms with van der Waals surface area (Å²) in [6.07, 6.45) is 1.78. The lowest BCUT2D eigenvalue weighted by Crippen LogP contribution is -2.12. The number of benzene rings is 1. The zero-order valence-electron chi connectivity index (χ0n) is 11.0. The predicted molar refractivity (Wildman–Crippen MR) is 80.3 cm³/mol. The molecule has 1 atom stereocenters. The molecule has 1 N–H and O–H groups in total. The van der Waals surface area contributed by atoms with Crippen LogP contribution < -0.4 is 0 Å². The number of nitrogens with zero attached hydrogens (tertiary/aromatic N) is 2. The average Bonchev–Trinajstić information content (AvgIpc) is 2.76. The van der Waals surface area contributed by atoms with Gasteiger partial charge in [0.1, 0.15) is 11.9 Å². The zero-order chi connectivity index (χ0) is 14.7. The summed E-state index contributed by atoms with van der Waals surface area (Å²) in [4.78, 5) is 0. The van der Waals surface area contributed by atoms with Crippen molar-refractivity contribution in [2.24, 2.45) is 0 Å². The fraction of sp³-hybridized carbons (Fsp3) is 0.357. The number of rotatable bonds is 5. The van der Waals surface area contributed by atoms with Gasteiger partial charge >= 0.3 is 0 Å². The van der Waals surface area contributed by atoms with Gasteiger partial charge in [-0.05, 0) is 34.5 Å². The van der Waals surface area contributed by atoms with Gasteiger partial charge in [0.2, 0.25) is 0 Å². The minimum absolute atomic E-state index is 0.111. The third-order valence-corrected chi connectivity index (χ3v) is 4.01. The maximum Gasteiger partial charge on any atom is 0.127 e. The van der Waals surface area contributed by atoms with Crippen LogP contribution in [0.4, 0.5) is 4.39 Å². The molecule has 0 aliphatic heterocycles. The summed E-state index contributed by atoms with van der Waals surface area (Å²) in [5, 5.41) is 14.9. The lowest BCUT2D eigenvalue weighted by molar-refractivity contribution is 0.164. The molecule has 0 saturated carbocycles. The molecule has 0 radical (unpaired) electrons. The van der Waals surface area contributed by atoms with E-state index < -0.39 is 11.9 Å². The van der Waals surface area contributed by atoms with Crippen LogP contribution in [0.15, 0.2) is 28.9 Å². The third kappa shape index (κ3) is 3.22. The van der Waals surface area contributed by atoms with E-state index in [2.05, 4.69) is 21.0 Å². The van der Waals surface area contributed by atoms with Gasteiger partial charge in [0.25, 0.3) is 0 Å². The minimum Gasteiger partial charge on any atom is -0.386 e. The highest BCUT2D eigenvalue weighted by molar-refractivity contribution is 9.10. The summed E-state index contributed by atoms with van der Waals surface area (Å²) < 4.78 is 16.2. The van der Waals surface area contributed by atoms with Gasteiger partial charge in [0.05, 0.1) is 16.4 Å². The van der Waals surface area contributed by atoms with Gasteiger partial charge in [-0.15, -0.1) is 0 Å². The largest absolute Gasteiger partial charge is 0.386 e. The van der Waals surface area contributed by atoms with Crippen LogP contribution >= 0.6 is 27.5 Å². The maximum atomic E-state index is 13.8. The Hall–Kier alpha value is -0.910. The third-order valence-electron chi connectivity index (χ3n) is 3.04. The van der Waals surface area contributed by atoms with Crippen LogP contribution in [0.3, 0.4) is 0 Å². The monoisotopic (exact) mass is 360 g/mol. The fourth-order valence-corrected chi connectivity index (χ4v) is 2.91. The first-order valence-corrected chi connectivity index (χ1v) is 7.53. The standard InChI is InChI=1S/C14H15BrClFN2O/c1-2-6-19-14(10(15)8-18-19)13(20)7-9-11(16)4-3-5-12(9)17/h3-5,8,13,20H,2,6-7H2,1H3. The minimum atomic E-state index is -0.868. The number of halogens is 3. The Morgan fingerprint density at radius 1 is 1.50 bits per heavy atom. The molecule has 0 aliphatic carbocycles. The molecular formula is C14H15BrClFN2O. The van der Waals surface area contributed by atoms with Gasteiger partial charge in [-0.25, -0.2) is 4.39 Å². The van der Waals surface area contributed by atoms with E-state index >= 15 is 0 Å². The van der Waals surface area contributed by atoms with Crippen molar-refractivity contribution in [1.82, 2.24) is 9.78 Å². The summed E-state index contributed by atoms with van der Waals surface area (Å²) in [5.41, 5.74) is 0.962. The molecule has 0 fully saturated rings. The molecule has 1 unspecified atom stereocenters. The number of aryl methyl sites for hydroxylation is 1. The molecule has 0 amide bonds. The topological polar surface area (TPSA) is 38.0 Å². The van der Waals surface area contributed by atoms with Crippen molar-refractivity contribution in [3.8, 4) is 0 Å². The molecule has 1 aromatic heterocycles. The number of aliphatic hydroxyl groups excluding tert-OH is 1. The molecule has 2 aromatic rings. The quantitative estimate of drug-likeness (QED) is 0.870. The van der Waals surface area contributed by atoms with Crippen molar-refractivity contribution in [2.75, 3.05) is 0 Å². The zero-order valence-corrected chi connectivity index (χ0v) is 13.3. The highest BCUT2D eigenvalue weighted by Gasteiger charge is 2.20. The van der Waals surface area contributed by atoms with Gasteiger partial charge in [-0.2, -0.15) is 5.10 Å². The summed E-state index contributed by atoms with van der Waals surface area (Å²) in [6.45, 7) is 2.72. The van der Waals surface area contributed by atoms with E-state index in [9.17, 15) is 9.50 Å². The second-order valence-electron chi connectivity index (χ2n) is 4.52. The first-order chi connectivity index (χ1) is 9.54. The Balaban J connectivity index is 2.28. The maximum absolute atomic E-state index is 13.8. The molecule has 108 valence electrons. The van der Waals surface area contributed by atoms with Crippen LogP contribution in [-0.4, -0.2) is 14.9 Å². The predicted octanol–water partition coefficient (Wildman–Crippen LogP) is 4.12. The van der Waals surface area contributed by atoms with Gasteiger partial charge in [-0.1, -0.05) is 24.6 Å². The van der Waals surface area contributed by atoms with Crippen molar-refractivity contribution < 1.29 is 9.50 Å². The molecule has 0 bridgehead atoms. The molecule has 0 saturated heterocycles. The highest BCUT2D eigenvalue weighted by Crippen LogP contribution is 2.29. The first kappa shape index (κ1) is 15.5. The number of hydrogen-bond acceptors (Lipinski definition) is 2. The van der Waals surface area contributed by atoms with Crippen molar-refractivity contribution in [3.63, 3.8) is 0 Å². The van der Waals surface area contributed by atoms with E-state index in [-0.39, 0.29) is 6.42 Å². The molecule has 1 aromatic carbocycles. The van der Waals surface area contributed by atoms with Crippen LogP contribution in [0.25, 0.3) is 0 Å². The van der Waals surface area contributed by atoms with Crippen molar-refractivity contribution >= 4 is 27.5 Å². The number of hydrogen-bond donors (Lipinski definition) is 1. The van der Waals surface area contributed by atoms with Gasteiger partial charge in [0.15, 0.2) is 0 Å². The Morgan fingerprint density at radius 3 is 2.90 bits per heavy atom. The molecule has 0 spiro atoms. The SMILES string of the molecule is CCCn1ncc(Br)c1C(O)Cc1c(F)cccc1Cl. The second-order valence-corrected chi connectivity index (χ2v) is 5.78. The van der Waals surface area contributed by atoms with Crippen molar-refractivity contribution in [3.05, 3.63) is 51.0 Å². The van der Waals surface area contributed by atoms with E-state index in [1.54, 1.807) is 23.0 Å². The van der Waals surface area contributed by atoms with E-state index in [0.29, 0.717) is 27.3 Å². The van der Waals surface area contributed by atoms with E-state index in [4.69, 9.17) is 11.6 Å². The van der Waals surface area contributed by atoms with Gasteiger partial charge in [-0.3, -0.25) is 4.68 Å². The summed E-state index contributed by atoms with van der Waals surface area (Å²) in [7, 11) is 0. The summed E-state index contributed by atoms with van der Waals surface area (Å²) in [6, 6.07) is 4.50. The molecule has 6 heteroatoms. The molecule has 20 heavy (non-hydrogen) atoms. The molecule has 3 nitrogen and oxygen atoms in total. The lowest BCUT2D eigenvalue weighted by atomic mass is 10.0. The molecule has 0 aliphatic rings. The Morgan fingerprint density at radius 2 is 2.25 bits per heavy atom. The Labute approximate surface area is 130 Å². The second kappa shape index (κ2) is 6.70. The Kier molecular flexibility index (Phi) is 5.18. The van der Waals surface area contributed by atoms with E-state index in [1.807, 2.05) is 6.92 Å². The summed E-state index contributed by atoms with van der Waals surface area (Å²) in [5.74, 6) is -0.408. The average molecular weight is 362 g/mol. The van der Waals surface area contributed by atoms with E-state index in [1.165, 1.54) is 6.07 Å². The van der Waals surface area contributed by atoms with Crippen LogP contribution in [0.1, 0.15) is 30.7 Å². The van der Waals surface area contributed by atoms with Crippen LogP contribution in [0, 0.1) is 5.82 Å². The van der Waals surface area contributed by atoms with Crippen molar-refractivity contribution in [1.29, 1.82) is 0 Å². The summed E-state index contributed by atoms with van der Waals surface area (Å²) >= 11 is 9.36. The van der Waals surface area contributed by atoms with Crippen LogP contribution in [0.5, 0.6) is 0 Å². The first-order valence-electron chi connectivity index (χ1n) is 6.36. The number of aromatic nitrogens is 2. The van der Waals surface area contributed by atoms with Crippen molar-refractivity contribution in [2.45, 2.75) is 32.4 Å². The Bertz CT molecular complexity index is 583. The smallest absolute Gasteiger partial charge is 0.127 e. The molecule has 2 rings (SSSR count). The molecule has 1 heterocycles.